The number of aliphatic imine (C=N–C) groups is 1. The van der Waals surface area contributed by atoms with Gasteiger partial charge in [0, 0.05) is 29.5 Å². The molecule has 2 aromatic rings. The molecule has 0 bridgehead atoms. The highest BCUT2D eigenvalue weighted by atomic mass is 79.9. The molecule has 1 aliphatic rings. The van der Waals surface area contributed by atoms with Gasteiger partial charge in [-0.2, -0.15) is 0 Å². The molecule has 0 saturated heterocycles. The summed E-state index contributed by atoms with van der Waals surface area (Å²) in [6.07, 6.45) is 0.852. The highest BCUT2D eigenvalue weighted by molar-refractivity contribution is 9.10. The first-order chi connectivity index (χ1) is 13.6. The molecule has 1 heterocycles. The number of carbonyl (C=O) groups is 1. The Kier molecular flexibility index (Phi) is 6.66. The lowest BCUT2D eigenvalue weighted by Crippen LogP contribution is -2.47. The topological polar surface area (TPSA) is 100 Å². The number of hydroxylamine groups is 1. The molecule has 1 atom stereocenters. The molecule has 2 aromatic carbocycles. The number of hydrogen-bond donors (Lipinski definition) is 3. The number of benzene rings is 2. The molecule has 1 amide bonds. The van der Waals surface area contributed by atoms with Gasteiger partial charge >= 0.3 is 0 Å². The van der Waals surface area contributed by atoms with E-state index in [1.54, 1.807) is 29.7 Å². The fraction of sp³-hybridized carbons (Fsp3) is 0.300. The molecule has 0 unspecified atom stereocenters. The molecule has 1 aliphatic heterocycles. The summed E-state index contributed by atoms with van der Waals surface area (Å²) in [4.78, 5) is 16.9. The molecule has 3 rings (SSSR count). The quantitative estimate of drug-likeness (QED) is 0.327. The van der Waals surface area contributed by atoms with E-state index in [-0.39, 0.29) is 13.2 Å². The normalized spacial score (nSPS) is 18.3. The number of carbonyl (C=O) groups excluding carboxylic acids is 1. The van der Waals surface area contributed by atoms with Crippen LogP contribution in [0.25, 0.3) is 0 Å². The van der Waals surface area contributed by atoms with Crippen LogP contribution in [0.1, 0.15) is 17.5 Å². The number of aliphatic hydroxyl groups excluding tert-OH is 1. The Morgan fingerprint density at radius 3 is 2.57 bits per heavy atom. The van der Waals surface area contributed by atoms with Gasteiger partial charge in [-0.05, 0) is 42.0 Å². The number of ether oxygens (including phenoxy) is 2. The zero-order valence-electron chi connectivity index (χ0n) is 15.1. The molecule has 0 saturated carbocycles. The number of rotatable bonds is 8. The van der Waals surface area contributed by atoms with Crippen LogP contribution in [0.5, 0.6) is 5.75 Å². The van der Waals surface area contributed by atoms with Gasteiger partial charge in [0.15, 0.2) is 5.54 Å². The summed E-state index contributed by atoms with van der Waals surface area (Å²) in [5.41, 5.74) is 2.07. The van der Waals surface area contributed by atoms with E-state index in [4.69, 9.17) is 14.6 Å². The third-order valence-corrected chi connectivity index (χ3v) is 4.90. The number of aliphatic hydroxyl groups is 1. The molecule has 0 aromatic heterocycles. The van der Waals surface area contributed by atoms with Crippen molar-refractivity contribution in [3.63, 3.8) is 0 Å². The largest absolute Gasteiger partial charge is 0.494 e. The van der Waals surface area contributed by atoms with Crippen molar-refractivity contribution in [1.29, 1.82) is 0 Å². The van der Waals surface area contributed by atoms with Gasteiger partial charge in [-0.1, -0.05) is 28.1 Å². The summed E-state index contributed by atoms with van der Waals surface area (Å²) in [6.45, 7) is 0.538. The third kappa shape index (κ3) is 4.70. The van der Waals surface area contributed by atoms with Crippen molar-refractivity contribution in [3.8, 4) is 5.75 Å². The van der Waals surface area contributed by atoms with Crippen LogP contribution < -0.4 is 10.2 Å². The van der Waals surface area contributed by atoms with Crippen molar-refractivity contribution in [2.75, 3.05) is 19.8 Å². The summed E-state index contributed by atoms with van der Waals surface area (Å²) in [7, 11) is 0. The van der Waals surface area contributed by atoms with Gasteiger partial charge in [0.25, 0.3) is 5.91 Å². The summed E-state index contributed by atoms with van der Waals surface area (Å²) in [5, 5.41) is 18.0. The molecular weight excluding hydrogens is 428 g/mol. The van der Waals surface area contributed by atoms with Gasteiger partial charge in [0.2, 0.25) is 5.90 Å². The smallest absolute Gasteiger partial charge is 0.275 e. The van der Waals surface area contributed by atoms with Crippen molar-refractivity contribution in [2.45, 2.75) is 18.4 Å². The molecule has 0 fully saturated rings. The van der Waals surface area contributed by atoms with Gasteiger partial charge in [0.1, 0.15) is 12.4 Å². The third-order valence-electron chi connectivity index (χ3n) is 4.37. The molecule has 0 radical (unpaired) electrons. The van der Waals surface area contributed by atoms with Gasteiger partial charge in [-0.15, -0.1) is 0 Å². The Morgan fingerprint density at radius 2 is 1.93 bits per heavy atom. The minimum absolute atomic E-state index is 0.0273. The van der Waals surface area contributed by atoms with Crippen molar-refractivity contribution in [1.82, 2.24) is 5.48 Å². The molecule has 0 aliphatic carbocycles. The number of nitrogens with zero attached hydrogens (tertiary/aromatic N) is 1. The molecule has 8 heteroatoms. The standard InChI is InChI=1S/C20H21BrN2O5/c21-16-6-2-14(3-7-16)12-20(19(25)23-26)13-28-18(22-20)15-4-8-17(9-5-15)27-11-1-10-24/h2-9,24,26H,1,10-13H2,(H,23,25)/t20-/m0/s1. The minimum Gasteiger partial charge on any atom is -0.494 e. The number of nitrogens with one attached hydrogen (secondary N) is 1. The highest BCUT2D eigenvalue weighted by Crippen LogP contribution is 2.28. The van der Waals surface area contributed by atoms with Crippen molar-refractivity contribution < 1.29 is 24.6 Å². The Bertz CT molecular complexity index is 839. The summed E-state index contributed by atoms with van der Waals surface area (Å²) in [6, 6.07) is 14.7. The average Bonchev–Trinajstić information content (AvgIpc) is 3.15. The average molecular weight is 449 g/mol. The molecule has 148 valence electrons. The fourth-order valence-corrected chi connectivity index (χ4v) is 3.14. The second kappa shape index (κ2) is 9.18. The number of amides is 1. The van der Waals surface area contributed by atoms with E-state index in [2.05, 4.69) is 20.9 Å². The molecule has 0 spiro atoms. The maximum absolute atomic E-state index is 12.4. The second-order valence-electron chi connectivity index (χ2n) is 6.43. The summed E-state index contributed by atoms with van der Waals surface area (Å²) in [5.74, 6) is 0.391. The Labute approximate surface area is 171 Å². The second-order valence-corrected chi connectivity index (χ2v) is 7.35. The van der Waals surface area contributed by atoms with Crippen LogP contribution in [-0.4, -0.2) is 47.5 Å². The maximum atomic E-state index is 12.4. The van der Waals surface area contributed by atoms with E-state index in [1.807, 2.05) is 24.3 Å². The van der Waals surface area contributed by atoms with Gasteiger partial charge in [0.05, 0.1) is 6.61 Å². The Morgan fingerprint density at radius 1 is 1.21 bits per heavy atom. The van der Waals surface area contributed by atoms with Gasteiger partial charge in [-0.3, -0.25) is 10.0 Å². The summed E-state index contributed by atoms with van der Waals surface area (Å²) >= 11 is 3.39. The van der Waals surface area contributed by atoms with Crippen molar-refractivity contribution in [3.05, 3.63) is 64.1 Å². The first-order valence-corrected chi connectivity index (χ1v) is 9.61. The van der Waals surface area contributed by atoms with E-state index >= 15 is 0 Å². The predicted octanol–water partition coefficient (Wildman–Crippen LogP) is 2.47. The van der Waals surface area contributed by atoms with Crippen molar-refractivity contribution in [2.24, 2.45) is 4.99 Å². The van der Waals surface area contributed by atoms with E-state index in [0.717, 1.165) is 10.0 Å². The zero-order chi connectivity index (χ0) is 20.0. The van der Waals surface area contributed by atoms with Crippen LogP contribution in [0.4, 0.5) is 0 Å². The SMILES string of the molecule is O=C(NO)[C@]1(Cc2ccc(Br)cc2)COC(c2ccc(OCCCO)cc2)=N1. The van der Waals surface area contributed by atoms with Crippen LogP contribution in [0, 0.1) is 0 Å². The lowest BCUT2D eigenvalue weighted by atomic mass is 9.92. The van der Waals surface area contributed by atoms with Crippen LogP contribution in [0.15, 0.2) is 58.0 Å². The zero-order valence-corrected chi connectivity index (χ0v) is 16.7. The van der Waals surface area contributed by atoms with Crippen LogP contribution in [0.3, 0.4) is 0 Å². The lowest BCUT2D eigenvalue weighted by molar-refractivity contribution is -0.135. The fourth-order valence-electron chi connectivity index (χ4n) is 2.87. The lowest BCUT2D eigenvalue weighted by Gasteiger charge is -2.21. The number of halogens is 1. The first-order valence-electron chi connectivity index (χ1n) is 8.82. The Hall–Kier alpha value is -2.42. The van der Waals surface area contributed by atoms with E-state index < -0.39 is 11.4 Å². The molecule has 3 N–H and O–H groups in total. The minimum atomic E-state index is -1.24. The first kappa shape index (κ1) is 20.3. The van der Waals surface area contributed by atoms with Gasteiger partial charge < -0.3 is 14.6 Å². The van der Waals surface area contributed by atoms with Crippen molar-refractivity contribution >= 4 is 27.7 Å². The monoisotopic (exact) mass is 448 g/mol. The molecule has 28 heavy (non-hydrogen) atoms. The van der Waals surface area contributed by atoms with E-state index in [9.17, 15) is 10.0 Å². The molecule has 7 nitrogen and oxygen atoms in total. The van der Waals surface area contributed by atoms with E-state index in [0.29, 0.717) is 36.7 Å². The predicted molar refractivity (Wildman–Crippen MR) is 107 cm³/mol. The molecular formula is C20H21BrN2O5. The summed E-state index contributed by atoms with van der Waals surface area (Å²) < 4.78 is 12.2. The van der Waals surface area contributed by atoms with Crippen LogP contribution in [0.2, 0.25) is 0 Å². The van der Waals surface area contributed by atoms with Crippen LogP contribution in [-0.2, 0) is 16.0 Å². The van der Waals surface area contributed by atoms with E-state index in [1.165, 1.54) is 0 Å². The van der Waals surface area contributed by atoms with Crippen LogP contribution >= 0.6 is 15.9 Å². The van der Waals surface area contributed by atoms with Gasteiger partial charge in [-0.25, -0.2) is 10.5 Å². The highest BCUT2D eigenvalue weighted by Gasteiger charge is 2.44. The number of hydrogen-bond acceptors (Lipinski definition) is 6. The maximum Gasteiger partial charge on any atom is 0.275 e. The Balaban J connectivity index is 1.80.